The number of carbonyl (C=O) groups is 1. The Kier molecular flexibility index (Phi) is 4.57. The van der Waals surface area contributed by atoms with Gasteiger partial charge in [0.15, 0.2) is 0 Å². The highest BCUT2D eigenvalue weighted by molar-refractivity contribution is 5.99. The lowest BCUT2D eigenvalue weighted by Crippen LogP contribution is -2.32. The van der Waals surface area contributed by atoms with Crippen molar-refractivity contribution in [2.75, 3.05) is 18.5 Å². The summed E-state index contributed by atoms with van der Waals surface area (Å²) in [5.41, 5.74) is 2.38. The topological polar surface area (TPSA) is 74.2 Å². The van der Waals surface area contributed by atoms with Crippen LogP contribution in [0.4, 0.5) is 5.69 Å². The molecule has 3 N–H and O–H groups in total. The Morgan fingerprint density at radius 3 is 2.74 bits per heavy atom. The highest BCUT2D eigenvalue weighted by atomic mass is 16.3. The van der Waals surface area contributed by atoms with Crippen LogP contribution in [0.2, 0.25) is 0 Å². The van der Waals surface area contributed by atoms with Crippen LogP contribution in [-0.2, 0) is 6.54 Å². The van der Waals surface area contributed by atoms with E-state index in [1.165, 1.54) is 0 Å². The van der Waals surface area contributed by atoms with Crippen molar-refractivity contribution in [3.8, 4) is 0 Å². The van der Waals surface area contributed by atoms with Crippen molar-refractivity contribution in [3.63, 3.8) is 0 Å². The molecule has 1 aromatic carbocycles. The number of hydrogen-bond donors (Lipinski definition) is 3. The number of benzene rings is 1. The third-order valence-electron chi connectivity index (χ3n) is 4.29. The van der Waals surface area contributed by atoms with Crippen LogP contribution in [0.1, 0.15) is 28.8 Å². The molecule has 1 aromatic heterocycles. The number of aliphatic hydroxyl groups is 1. The Morgan fingerprint density at radius 1 is 1.22 bits per heavy atom. The van der Waals surface area contributed by atoms with Crippen molar-refractivity contribution in [2.24, 2.45) is 5.41 Å². The zero-order valence-corrected chi connectivity index (χ0v) is 13.0. The van der Waals surface area contributed by atoms with E-state index in [0.29, 0.717) is 18.7 Å². The van der Waals surface area contributed by atoms with E-state index in [2.05, 4.69) is 15.6 Å². The number of anilines is 1. The fourth-order valence-corrected chi connectivity index (χ4v) is 2.47. The second-order valence-corrected chi connectivity index (χ2v) is 6.10. The van der Waals surface area contributed by atoms with Crippen molar-refractivity contribution in [1.29, 1.82) is 0 Å². The minimum atomic E-state index is -0.112. The quantitative estimate of drug-likeness (QED) is 0.733. The Bertz CT molecular complexity index is 669. The third-order valence-corrected chi connectivity index (χ3v) is 4.29. The van der Waals surface area contributed by atoms with Gasteiger partial charge in [-0.05, 0) is 36.6 Å². The lowest BCUT2D eigenvalue weighted by atomic mass is 10.1. The molecule has 2 aromatic rings. The average Bonchev–Trinajstić information content (AvgIpc) is 3.40. The molecule has 5 nitrogen and oxygen atoms in total. The van der Waals surface area contributed by atoms with Gasteiger partial charge in [0.2, 0.25) is 0 Å². The highest BCUT2D eigenvalue weighted by Gasteiger charge is 2.42. The summed E-state index contributed by atoms with van der Waals surface area (Å²) in [4.78, 5) is 16.5. The summed E-state index contributed by atoms with van der Waals surface area (Å²) in [6.07, 6.45) is 5.49. The number of rotatable bonds is 7. The maximum absolute atomic E-state index is 12.4. The van der Waals surface area contributed by atoms with Gasteiger partial charge in [0.25, 0.3) is 5.91 Å². The van der Waals surface area contributed by atoms with E-state index in [0.717, 1.165) is 24.1 Å². The van der Waals surface area contributed by atoms with Gasteiger partial charge in [-0.1, -0.05) is 18.2 Å². The number of amides is 1. The zero-order chi connectivity index (χ0) is 16.1. The Hall–Kier alpha value is -2.40. The molecule has 5 heteroatoms. The van der Waals surface area contributed by atoms with Crippen LogP contribution < -0.4 is 10.6 Å². The first kappa shape index (κ1) is 15.5. The van der Waals surface area contributed by atoms with Crippen molar-refractivity contribution in [1.82, 2.24) is 10.3 Å². The SMILES string of the molecule is O=C(NCC1(CO)CC1)c1ccccc1NCc1cccnc1. The van der Waals surface area contributed by atoms with E-state index in [1.54, 1.807) is 18.5 Å². The smallest absolute Gasteiger partial charge is 0.253 e. The third kappa shape index (κ3) is 3.87. The predicted octanol–water partition coefficient (Wildman–Crippen LogP) is 2.20. The monoisotopic (exact) mass is 311 g/mol. The van der Waals surface area contributed by atoms with Gasteiger partial charge in [-0.3, -0.25) is 9.78 Å². The molecule has 0 bridgehead atoms. The van der Waals surface area contributed by atoms with E-state index < -0.39 is 0 Å². The second-order valence-electron chi connectivity index (χ2n) is 6.10. The maximum atomic E-state index is 12.4. The molecule has 0 atom stereocenters. The molecule has 1 aliphatic carbocycles. The number of aliphatic hydroxyl groups excluding tert-OH is 1. The van der Waals surface area contributed by atoms with Gasteiger partial charge in [0.05, 0.1) is 12.2 Å². The molecular formula is C18H21N3O2. The van der Waals surface area contributed by atoms with Gasteiger partial charge >= 0.3 is 0 Å². The zero-order valence-electron chi connectivity index (χ0n) is 13.0. The summed E-state index contributed by atoms with van der Waals surface area (Å²) in [6.45, 7) is 1.27. The van der Waals surface area contributed by atoms with Crippen LogP contribution in [0.25, 0.3) is 0 Å². The van der Waals surface area contributed by atoms with Crippen molar-refractivity contribution >= 4 is 11.6 Å². The molecule has 1 saturated carbocycles. The fraction of sp³-hybridized carbons (Fsp3) is 0.333. The minimum absolute atomic E-state index is 0.0895. The van der Waals surface area contributed by atoms with Gasteiger partial charge < -0.3 is 15.7 Å². The maximum Gasteiger partial charge on any atom is 0.253 e. The van der Waals surface area contributed by atoms with Gasteiger partial charge in [-0.25, -0.2) is 0 Å². The van der Waals surface area contributed by atoms with Gasteiger partial charge in [-0.15, -0.1) is 0 Å². The first-order valence-corrected chi connectivity index (χ1v) is 7.83. The summed E-state index contributed by atoms with van der Waals surface area (Å²) >= 11 is 0. The second kappa shape index (κ2) is 6.79. The molecule has 0 spiro atoms. The minimum Gasteiger partial charge on any atom is -0.396 e. The first-order chi connectivity index (χ1) is 11.2. The largest absolute Gasteiger partial charge is 0.396 e. The number of hydrogen-bond acceptors (Lipinski definition) is 4. The Morgan fingerprint density at radius 2 is 2.04 bits per heavy atom. The van der Waals surface area contributed by atoms with Crippen LogP contribution in [0, 0.1) is 5.41 Å². The molecule has 1 amide bonds. The summed E-state index contributed by atoms with van der Waals surface area (Å²) in [5, 5.41) is 15.6. The first-order valence-electron chi connectivity index (χ1n) is 7.83. The summed E-state index contributed by atoms with van der Waals surface area (Å²) < 4.78 is 0. The Balaban J connectivity index is 1.64. The van der Waals surface area contributed by atoms with Crippen LogP contribution in [0.3, 0.4) is 0 Å². The molecule has 0 aliphatic heterocycles. The van der Waals surface area contributed by atoms with E-state index in [9.17, 15) is 9.90 Å². The van der Waals surface area contributed by atoms with Crippen LogP contribution in [-0.4, -0.2) is 29.1 Å². The normalized spacial score (nSPS) is 15.0. The molecule has 1 aliphatic rings. The van der Waals surface area contributed by atoms with E-state index >= 15 is 0 Å². The number of carbonyl (C=O) groups excluding carboxylic acids is 1. The van der Waals surface area contributed by atoms with Gasteiger partial charge in [0, 0.05) is 36.6 Å². The molecule has 3 rings (SSSR count). The molecule has 0 radical (unpaired) electrons. The lowest BCUT2D eigenvalue weighted by Gasteiger charge is -2.15. The molecule has 1 fully saturated rings. The van der Waals surface area contributed by atoms with Crippen LogP contribution >= 0.6 is 0 Å². The molecule has 1 heterocycles. The van der Waals surface area contributed by atoms with Crippen LogP contribution in [0.5, 0.6) is 0 Å². The highest BCUT2D eigenvalue weighted by Crippen LogP contribution is 2.44. The molecule has 120 valence electrons. The van der Waals surface area contributed by atoms with E-state index in [-0.39, 0.29) is 17.9 Å². The summed E-state index contributed by atoms with van der Waals surface area (Å²) in [7, 11) is 0. The average molecular weight is 311 g/mol. The fourth-order valence-electron chi connectivity index (χ4n) is 2.47. The molecule has 0 unspecified atom stereocenters. The van der Waals surface area contributed by atoms with Crippen molar-refractivity contribution < 1.29 is 9.90 Å². The van der Waals surface area contributed by atoms with Gasteiger partial charge in [0.1, 0.15) is 0 Å². The van der Waals surface area contributed by atoms with E-state index in [4.69, 9.17) is 0 Å². The standard InChI is InChI=1S/C18H21N3O2/c22-13-18(7-8-18)12-21-17(23)15-5-1-2-6-16(15)20-11-14-4-3-9-19-10-14/h1-6,9-10,20,22H,7-8,11-13H2,(H,21,23). The van der Waals surface area contributed by atoms with Crippen molar-refractivity contribution in [3.05, 3.63) is 59.9 Å². The molecule has 0 saturated heterocycles. The number of nitrogens with one attached hydrogen (secondary N) is 2. The number of nitrogens with zero attached hydrogens (tertiary/aromatic N) is 1. The van der Waals surface area contributed by atoms with Crippen LogP contribution in [0.15, 0.2) is 48.8 Å². The lowest BCUT2D eigenvalue weighted by molar-refractivity contribution is 0.0936. The predicted molar refractivity (Wildman–Crippen MR) is 89.1 cm³/mol. The van der Waals surface area contributed by atoms with Gasteiger partial charge in [-0.2, -0.15) is 0 Å². The number of pyridine rings is 1. The molecule has 23 heavy (non-hydrogen) atoms. The number of para-hydroxylation sites is 1. The molecular weight excluding hydrogens is 290 g/mol. The number of aromatic nitrogens is 1. The van der Waals surface area contributed by atoms with Crippen molar-refractivity contribution in [2.45, 2.75) is 19.4 Å². The van der Waals surface area contributed by atoms with E-state index in [1.807, 2.05) is 30.3 Å². The summed E-state index contributed by atoms with van der Waals surface area (Å²) in [6, 6.07) is 11.3. The Labute approximate surface area is 135 Å². The summed E-state index contributed by atoms with van der Waals surface area (Å²) in [5.74, 6) is -0.112.